The van der Waals surface area contributed by atoms with E-state index in [1.54, 1.807) is 6.07 Å². The minimum atomic E-state index is -0.420. The van der Waals surface area contributed by atoms with Crippen LogP contribution in [0.1, 0.15) is 17.9 Å². The number of phenolic OH excluding ortho intramolecular Hbond substituents is 1. The molecule has 0 bridgehead atoms. The highest BCUT2D eigenvalue weighted by molar-refractivity contribution is 6.01. The van der Waals surface area contributed by atoms with Crippen molar-refractivity contribution in [3.8, 4) is 28.7 Å². The summed E-state index contributed by atoms with van der Waals surface area (Å²) in [6.07, 6.45) is 0.341. The zero-order valence-electron chi connectivity index (χ0n) is 15.5. The highest BCUT2D eigenvalue weighted by Gasteiger charge is 2.42. The van der Waals surface area contributed by atoms with E-state index in [0.717, 1.165) is 12.0 Å². The molecule has 2 aromatic carbocycles. The summed E-state index contributed by atoms with van der Waals surface area (Å²) in [5.41, 5.74) is 0.795. The predicted octanol–water partition coefficient (Wildman–Crippen LogP) is 2.90. The van der Waals surface area contributed by atoms with Gasteiger partial charge in [0, 0.05) is 17.7 Å². The zero-order chi connectivity index (χ0) is 19.6. The Hall–Kier alpha value is -3.13. The fourth-order valence-electron chi connectivity index (χ4n) is 4.14. The molecule has 2 atom stereocenters. The van der Waals surface area contributed by atoms with Crippen molar-refractivity contribution in [2.45, 2.75) is 18.6 Å². The van der Waals surface area contributed by atoms with Gasteiger partial charge in [-0.15, -0.1) is 0 Å². The van der Waals surface area contributed by atoms with Crippen LogP contribution in [-0.2, 0) is 4.74 Å². The molecule has 3 aromatic rings. The molecule has 0 radical (unpaired) electrons. The number of rotatable bonds is 3. The molecule has 0 spiro atoms. The van der Waals surface area contributed by atoms with Crippen molar-refractivity contribution >= 4 is 21.9 Å². The van der Waals surface area contributed by atoms with Crippen molar-refractivity contribution in [2.24, 2.45) is 0 Å². The van der Waals surface area contributed by atoms with Crippen LogP contribution >= 0.6 is 0 Å². The van der Waals surface area contributed by atoms with E-state index in [1.807, 2.05) is 0 Å². The summed E-state index contributed by atoms with van der Waals surface area (Å²) in [5.74, 6) is 1.04. The van der Waals surface area contributed by atoms with E-state index < -0.39 is 11.7 Å². The minimum Gasteiger partial charge on any atom is -0.507 e. The molecule has 0 saturated carbocycles. The Kier molecular flexibility index (Phi) is 3.60. The first-order chi connectivity index (χ1) is 13.6. The molecule has 8 heteroatoms. The molecule has 146 valence electrons. The van der Waals surface area contributed by atoms with Gasteiger partial charge in [0.05, 0.1) is 33.9 Å². The molecule has 0 aliphatic carbocycles. The van der Waals surface area contributed by atoms with Gasteiger partial charge >= 0.3 is 0 Å². The van der Waals surface area contributed by atoms with Crippen molar-refractivity contribution in [1.82, 2.24) is 0 Å². The van der Waals surface area contributed by atoms with Gasteiger partial charge in [0.2, 0.25) is 17.5 Å². The third-order valence-electron chi connectivity index (χ3n) is 5.38. The van der Waals surface area contributed by atoms with Crippen LogP contribution < -0.4 is 24.4 Å². The van der Waals surface area contributed by atoms with Crippen molar-refractivity contribution in [1.29, 1.82) is 0 Å². The molecular weight excluding hydrogens is 368 g/mol. The molecule has 1 fully saturated rings. The van der Waals surface area contributed by atoms with Gasteiger partial charge in [-0.25, -0.2) is 0 Å². The average Bonchev–Trinajstić information content (AvgIpc) is 3.27. The molecule has 2 aliphatic heterocycles. The van der Waals surface area contributed by atoms with E-state index in [9.17, 15) is 9.90 Å². The Morgan fingerprint density at radius 2 is 1.82 bits per heavy atom. The lowest BCUT2D eigenvalue weighted by Crippen LogP contribution is -2.13. The SMILES string of the molecule is COc1cc(O)c2c(=O)c3c(OC)cc4c(c3oc2c1OC)C1CCOC1O4. The summed E-state index contributed by atoms with van der Waals surface area (Å²) in [6.45, 7) is 0.568. The normalized spacial score (nSPS) is 20.1. The van der Waals surface area contributed by atoms with E-state index in [1.165, 1.54) is 27.4 Å². The van der Waals surface area contributed by atoms with Gasteiger partial charge in [-0.3, -0.25) is 4.79 Å². The highest BCUT2D eigenvalue weighted by Crippen LogP contribution is 2.51. The quantitative estimate of drug-likeness (QED) is 0.687. The number of benzene rings is 2. The topological polar surface area (TPSA) is 96.6 Å². The Morgan fingerprint density at radius 3 is 2.54 bits per heavy atom. The molecule has 2 aliphatic rings. The number of phenols is 1. The molecule has 1 saturated heterocycles. The van der Waals surface area contributed by atoms with Crippen LogP contribution in [0, 0.1) is 0 Å². The van der Waals surface area contributed by atoms with Gasteiger partial charge < -0.3 is 33.2 Å². The first kappa shape index (κ1) is 17.0. The second-order valence-corrected chi connectivity index (χ2v) is 6.71. The lowest BCUT2D eigenvalue weighted by atomic mass is 9.95. The van der Waals surface area contributed by atoms with Crippen LogP contribution in [0.4, 0.5) is 0 Å². The molecular formula is C20H18O8. The summed E-state index contributed by atoms with van der Waals surface area (Å²) >= 11 is 0. The second kappa shape index (κ2) is 5.93. The number of aromatic hydroxyl groups is 1. The number of hydrogen-bond donors (Lipinski definition) is 1. The number of fused-ring (bicyclic) bond motifs is 6. The van der Waals surface area contributed by atoms with Crippen molar-refractivity contribution in [3.63, 3.8) is 0 Å². The fourth-order valence-corrected chi connectivity index (χ4v) is 4.14. The van der Waals surface area contributed by atoms with Crippen molar-refractivity contribution in [2.75, 3.05) is 27.9 Å². The van der Waals surface area contributed by atoms with Crippen LogP contribution in [-0.4, -0.2) is 39.3 Å². The van der Waals surface area contributed by atoms with E-state index >= 15 is 0 Å². The van der Waals surface area contributed by atoms with Gasteiger partial charge in [0.25, 0.3) is 0 Å². The monoisotopic (exact) mass is 386 g/mol. The summed E-state index contributed by atoms with van der Waals surface area (Å²) in [7, 11) is 4.35. The van der Waals surface area contributed by atoms with E-state index in [0.29, 0.717) is 23.7 Å². The maximum atomic E-state index is 13.4. The van der Waals surface area contributed by atoms with E-state index in [2.05, 4.69) is 0 Å². The Morgan fingerprint density at radius 1 is 1.04 bits per heavy atom. The Balaban J connectivity index is 1.98. The second-order valence-electron chi connectivity index (χ2n) is 6.71. The Bertz CT molecular complexity index is 1180. The van der Waals surface area contributed by atoms with E-state index in [4.69, 9.17) is 28.1 Å². The van der Waals surface area contributed by atoms with Gasteiger partial charge in [-0.2, -0.15) is 0 Å². The van der Waals surface area contributed by atoms with Gasteiger partial charge in [-0.05, 0) is 6.42 Å². The summed E-state index contributed by atoms with van der Waals surface area (Å²) in [4.78, 5) is 13.4. The van der Waals surface area contributed by atoms with Crippen LogP contribution in [0.5, 0.6) is 28.7 Å². The van der Waals surface area contributed by atoms with E-state index in [-0.39, 0.29) is 39.5 Å². The maximum Gasteiger partial charge on any atom is 0.208 e. The third-order valence-corrected chi connectivity index (χ3v) is 5.38. The smallest absolute Gasteiger partial charge is 0.208 e. The van der Waals surface area contributed by atoms with Gasteiger partial charge in [-0.1, -0.05) is 0 Å². The predicted molar refractivity (Wildman–Crippen MR) is 99.0 cm³/mol. The fraction of sp³-hybridized carbons (Fsp3) is 0.350. The molecule has 28 heavy (non-hydrogen) atoms. The zero-order valence-corrected chi connectivity index (χ0v) is 15.5. The Labute approximate surface area is 159 Å². The van der Waals surface area contributed by atoms with Crippen LogP contribution in [0.2, 0.25) is 0 Å². The number of hydrogen-bond acceptors (Lipinski definition) is 8. The molecule has 2 unspecified atom stereocenters. The third kappa shape index (κ3) is 2.06. The number of ether oxygens (including phenoxy) is 5. The summed E-state index contributed by atoms with van der Waals surface area (Å²) < 4.78 is 33.8. The summed E-state index contributed by atoms with van der Waals surface area (Å²) in [6, 6.07) is 2.99. The van der Waals surface area contributed by atoms with Crippen molar-refractivity contribution in [3.05, 3.63) is 27.9 Å². The van der Waals surface area contributed by atoms with Gasteiger partial charge in [0.1, 0.15) is 33.6 Å². The standard InChI is InChI=1S/C20H18O8/c1-23-10-7-11-13(8-4-5-26-20(8)27-11)18-15(10)16(22)14-9(21)6-12(24-2)17(25-3)19(14)28-18/h6-8,20-21H,4-5H2,1-3H3. The van der Waals surface area contributed by atoms with Crippen LogP contribution in [0.25, 0.3) is 21.9 Å². The first-order valence-electron chi connectivity index (χ1n) is 8.82. The van der Waals surface area contributed by atoms with Gasteiger partial charge in [0.15, 0.2) is 11.3 Å². The molecule has 1 N–H and O–H groups in total. The summed E-state index contributed by atoms with van der Waals surface area (Å²) in [5, 5.41) is 10.7. The maximum absolute atomic E-state index is 13.4. The first-order valence-corrected chi connectivity index (χ1v) is 8.82. The lowest BCUT2D eigenvalue weighted by Gasteiger charge is -2.15. The highest BCUT2D eigenvalue weighted by atomic mass is 16.7. The van der Waals surface area contributed by atoms with Crippen LogP contribution in [0.15, 0.2) is 21.3 Å². The minimum absolute atomic E-state index is 0.00142. The van der Waals surface area contributed by atoms with Crippen LogP contribution in [0.3, 0.4) is 0 Å². The average molecular weight is 386 g/mol. The molecule has 1 aromatic heterocycles. The molecule has 5 rings (SSSR count). The molecule has 0 amide bonds. The largest absolute Gasteiger partial charge is 0.507 e. The number of methoxy groups -OCH3 is 3. The lowest BCUT2D eigenvalue weighted by molar-refractivity contribution is -0.0337. The molecule has 3 heterocycles. The van der Waals surface area contributed by atoms with Crippen molar-refractivity contribution < 1.29 is 33.2 Å². The molecule has 8 nitrogen and oxygen atoms in total.